The molecule has 72 valence electrons. The summed E-state index contributed by atoms with van der Waals surface area (Å²) >= 11 is 0. The molecule has 1 saturated heterocycles. The number of nitrogens with zero attached hydrogens (tertiary/aromatic N) is 3. The van der Waals surface area contributed by atoms with Gasteiger partial charge in [-0.2, -0.15) is 0 Å². The van der Waals surface area contributed by atoms with Gasteiger partial charge in [-0.15, -0.1) is 5.10 Å². The zero-order valence-electron chi connectivity index (χ0n) is 7.22. The lowest BCUT2D eigenvalue weighted by Gasteiger charge is -2.11. The maximum Gasteiger partial charge on any atom is 0.239 e. The van der Waals surface area contributed by atoms with Crippen LogP contribution in [-0.2, 0) is 9.47 Å². The first-order valence-electron chi connectivity index (χ1n) is 4.18. The molecular formula is C7H12N4O2. The molecule has 0 aromatic carbocycles. The van der Waals surface area contributed by atoms with Gasteiger partial charge in [-0.05, 0) is 0 Å². The Balaban J connectivity index is 2.06. The quantitative estimate of drug-likeness (QED) is 0.633. The van der Waals surface area contributed by atoms with E-state index in [-0.39, 0.29) is 12.0 Å². The lowest BCUT2D eigenvalue weighted by molar-refractivity contribution is 0.103. The molecule has 2 heterocycles. The van der Waals surface area contributed by atoms with E-state index >= 15 is 0 Å². The summed E-state index contributed by atoms with van der Waals surface area (Å²) in [5, 5.41) is 4.00. The third kappa shape index (κ3) is 1.96. The first kappa shape index (κ1) is 8.46. The monoisotopic (exact) mass is 184 g/mol. The highest BCUT2D eigenvalue weighted by molar-refractivity contribution is 5.09. The molecule has 0 bridgehead atoms. The van der Waals surface area contributed by atoms with E-state index in [0.29, 0.717) is 26.4 Å². The number of nitrogen functional groups attached to an aromatic ring is 1. The van der Waals surface area contributed by atoms with E-state index in [2.05, 4.69) is 10.1 Å². The van der Waals surface area contributed by atoms with Gasteiger partial charge in [0, 0.05) is 0 Å². The highest BCUT2D eigenvalue weighted by Crippen LogP contribution is 2.09. The van der Waals surface area contributed by atoms with Gasteiger partial charge >= 0.3 is 0 Å². The SMILES string of the molecule is Nc1ncn(C2COCCOC2)n1. The van der Waals surface area contributed by atoms with Crippen molar-refractivity contribution in [2.24, 2.45) is 0 Å². The summed E-state index contributed by atoms with van der Waals surface area (Å²) in [5.74, 6) is 0.282. The lowest BCUT2D eigenvalue weighted by atomic mass is 10.3. The third-order valence-corrected chi connectivity index (χ3v) is 1.89. The van der Waals surface area contributed by atoms with Crippen LogP contribution < -0.4 is 5.73 Å². The van der Waals surface area contributed by atoms with Crippen LogP contribution in [0.4, 0.5) is 5.95 Å². The van der Waals surface area contributed by atoms with E-state index < -0.39 is 0 Å². The minimum absolute atomic E-state index is 0.0901. The van der Waals surface area contributed by atoms with Crippen molar-refractivity contribution < 1.29 is 9.47 Å². The summed E-state index contributed by atoms with van der Waals surface area (Å²) in [7, 11) is 0. The van der Waals surface area contributed by atoms with Crippen molar-refractivity contribution >= 4 is 5.95 Å². The standard InChI is InChI=1S/C7H12N4O2/c8-7-9-5-11(10-7)6-3-12-1-2-13-4-6/h5-6H,1-4H2,(H2,8,10). The van der Waals surface area contributed by atoms with Crippen LogP contribution in [0.2, 0.25) is 0 Å². The van der Waals surface area contributed by atoms with Gasteiger partial charge in [0.2, 0.25) is 5.95 Å². The van der Waals surface area contributed by atoms with Crippen LogP contribution in [0, 0.1) is 0 Å². The maximum atomic E-state index is 5.40. The normalized spacial score (nSPS) is 20.0. The second-order valence-corrected chi connectivity index (χ2v) is 2.89. The molecule has 2 rings (SSSR count). The van der Waals surface area contributed by atoms with E-state index in [1.165, 1.54) is 0 Å². The molecule has 0 spiro atoms. The van der Waals surface area contributed by atoms with Gasteiger partial charge in [-0.25, -0.2) is 9.67 Å². The predicted molar refractivity (Wildman–Crippen MR) is 45.1 cm³/mol. The molecule has 6 heteroatoms. The van der Waals surface area contributed by atoms with Crippen LogP contribution in [0.1, 0.15) is 6.04 Å². The molecule has 0 aliphatic carbocycles. The van der Waals surface area contributed by atoms with E-state index in [4.69, 9.17) is 15.2 Å². The van der Waals surface area contributed by atoms with Crippen LogP contribution in [0.25, 0.3) is 0 Å². The molecule has 0 saturated carbocycles. The fourth-order valence-electron chi connectivity index (χ4n) is 1.22. The first-order valence-corrected chi connectivity index (χ1v) is 4.18. The van der Waals surface area contributed by atoms with Crippen LogP contribution >= 0.6 is 0 Å². The molecule has 0 radical (unpaired) electrons. The van der Waals surface area contributed by atoms with Crippen molar-refractivity contribution in [1.29, 1.82) is 0 Å². The molecule has 1 aromatic rings. The number of rotatable bonds is 1. The van der Waals surface area contributed by atoms with Gasteiger partial charge in [0.05, 0.1) is 26.4 Å². The van der Waals surface area contributed by atoms with Crippen LogP contribution in [0.5, 0.6) is 0 Å². The number of hydrogen-bond acceptors (Lipinski definition) is 5. The molecule has 6 nitrogen and oxygen atoms in total. The number of nitrogens with two attached hydrogens (primary N) is 1. The number of ether oxygens (including phenoxy) is 2. The Morgan fingerprint density at radius 2 is 2.08 bits per heavy atom. The van der Waals surface area contributed by atoms with Crippen molar-refractivity contribution in [2.45, 2.75) is 6.04 Å². The number of aromatic nitrogens is 3. The van der Waals surface area contributed by atoms with Crippen molar-refractivity contribution in [3.63, 3.8) is 0 Å². The molecule has 0 amide bonds. The molecule has 13 heavy (non-hydrogen) atoms. The van der Waals surface area contributed by atoms with E-state index in [1.807, 2.05) is 0 Å². The number of hydrogen-bond donors (Lipinski definition) is 1. The van der Waals surface area contributed by atoms with Gasteiger partial charge in [0.25, 0.3) is 0 Å². The van der Waals surface area contributed by atoms with Crippen molar-refractivity contribution in [3.05, 3.63) is 6.33 Å². The maximum absolute atomic E-state index is 5.40. The summed E-state index contributed by atoms with van der Waals surface area (Å²) < 4.78 is 12.3. The largest absolute Gasteiger partial charge is 0.377 e. The Bertz CT molecular complexity index is 267. The molecule has 1 aliphatic heterocycles. The van der Waals surface area contributed by atoms with Gasteiger partial charge in [0.1, 0.15) is 12.4 Å². The van der Waals surface area contributed by atoms with Crippen LogP contribution in [0.3, 0.4) is 0 Å². The van der Waals surface area contributed by atoms with Crippen LogP contribution in [0.15, 0.2) is 6.33 Å². The first-order chi connectivity index (χ1) is 6.36. The Labute approximate surface area is 75.6 Å². The smallest absolute Gasteiger partial charge is 0.239 e. The minimum atomic E-state index is 0.0901. The highest BCUT2D eigenvalue weighted by atomic mass is 16.5. The highest BCUT2D eigenvalue weighted by Gasteiger charge is 2.15. The Morgan fingerprint density at radius 1 is 1.38 bits per heavy atom. The Kier molecular flexibility index (Phi) is 2.42. The van der Waals surface area contributed by atoms with Gasteiger partial charge in [-0.3, -0.25) is 0 Å². The van der Waals surface area contributed by atoms with Gasteiger partial charge < -0.3 is 15.2 Å². The molecule has 0 atom stereocenters. The summed E-state index contributed by atoms with van der Waals surface area (Å²) in [5.41, 5.74) is 5.40. The zero-order chi connectivity index (χ0) is 9.10. The van der Waals surface area contributed by atoms with Gasteiger partial charge in [-0.1, -0.05) is 0 Å². The molecule has 1 aliphatic rings. The third-order valence-electron chi connectivity index (χ3n) is 1.89. The average molecular weight is 184 g/mol. The molecule has 1 fully saturated rings. The second kappa shape index (κ2) is 3.71. The van der Waals surface area contributed by atoms with Crippen LogP contribution in [-0.4, -0.2) is 41.2 Å². The van der Waals surface area contributed by atoms with Crippen molar-refractivity contribution in [3.8, 4) is 0 Å². The topological polar surface area (TPSA) is 75.2 Å². The lowest BCUT2D eigenvalue weighted by Crippen LogP contribution is -2.18. The fraction of sp³-hybridized carbons (Fsp3) is 0.714. The second-order valence-electron chi connectivity index (χ2n) is 2.89. The summed E-state index contributed by atoms with van der Waals surface area (Å²) in [6.07, 6.45) is 1.60. The zero-order valence-corrected chi connectivity index (χ0v) is 7.22. The summed E-state index contributed by atoms with van der Waals surface area (Å²) in [6.45, 7) is 2.48. The minimum Gasteiger partial charge on any atom is -0.377 e. The Morgan fingerprint density at radius 3 is 2.62 bits per heavy atom. The summed E-state index contributed by atoms with van der Waals surface area (Å²) in [6, 6.07) is 0.0901. The average Bonchev–Trinajstić information content (AvgIpc) is 2.43. The molecular weight excluding hydrogens is 172 g/mol. The Hall–Kier alpha value is -1.14. The van der Waals surface area contributed by atoms with E-state index in [0.717, 1.165) is 0 Å². The fourth-order valence-corrected chi connectivity index (χ4v) is 1.22. The molecule has 2 N–H and O–H groups in total. The van der Waals surface area contributed by atoms with Crippen molar-refractivity contribution in [1.82, 2.24) is 14.8 Å². The van der Waals surface area contributed by atoms with E-state index in [1.54, 1.807) is 11.0 Å². The van der Waals surface area contributed by atoms with Crippen molar-refractivity contribution in [2.75, 3.05) is 32.2 Å². The predicted octanol–water partition coefficient (Wildman–Crippen LogP) is -0.552. The molecule has 1 aromatic heterocycles. The summed E-state index contributed by atoms with van der Waals surface area (Å²) in [4.78, 5) is 3.84. The number of anilines is 1. The van der Waals surface area contributed by atoms with Gasteiger partial charge in [0.15, 0.2) is 0 Å². The molecule has 0 unspecified atom stereocenters. The van der Waals surface area contributed by atoms with E-state index in [9.17, 15) is 0 Å².